The zero-order chi connectivity index (χ0) is 12.5. The molecule has 1 amide bonds. The molecule has 0 aromatic carbocycles. The maximum atomic E-state index is 12.3. The van der Waals surface area contributed by atoms with Crippen LogP contribution in [0.2, 0.25) is 0 Å². The number of likely N-dealkylation sites (tertiary alicyclic amines) is 1. The van der Waals surface area contributed by atoms with Gasteiger partial charge in [-0.2, -0.15) is 4.31 Å². The Hall–Kier alpha value is -0.620. The van der Waals surface area contributed by atoms with Gasteiger partial charge in [0.1, 0.15) is 6.04 Å². The molecule has 0 aliphatic carbocycles. The van der Waals surface area contributed by atoms with Crippen molar-refractivity contribution in [3.05, 3.63) is 0 Å². The Kier molecular flexibility index (Phi) is 3.73. The van der Waals surface area contributed by atoms with Crippen LogP contribution in [0.5, 0.6) is 0 Å². The second-order valence-corrected chi connectivity index (χ2v) is 6.85. The van der Waals surface area contributed by atoms with E-state index in [1.165, 1.54) is 10.6 Å². The van der Waals surface area contributed by atoms with Crippen LogP contribution in [0.1, 0.15) is 32.1 Å². The summed E-state index contributed by atoms with van der Waals surface area (Å²) in [7, 11) is -3.26. The van der Waals surface area contributed by atoms with Crippen LogP contribution in [-0.2, 0) is 14.8 Å². The second kappa shape index (κ2) is 4.94. The molecule has 0 N–H and O–H groups in total. The Morgan fingerprint density at radius 2 is 1.65 bits per heavy atom. The van der Waals surface area contributed by atoms with Crippen LogP contribution in [0, 0.1) is 0 Å². The molecule has 2 saturated heterocycles. The summed E-state index contributed by atoms with van der Waals surface area (Å²) in [6, 6.07) is -0.447. The van der Waals surface area contributed by atoms with E-state index in [1.54, 1.807) is 0 Å². The molecule has 2 heterocycles. The highest BCUT2D eigenvalue weighted by molar-refractivity contribution is 7.88. The predicted octanol–water partition coefficient (Wildman–Crippen LogP) is 0.423. The van der Waals surface area contributed by atoms with E-state index < -0.39 is 16.1 Å². The van der Waals surface area contributed by atoms with Gasteiger partial charge in [-0.05, 0) is 25.7 Å². The van der Waals surface area contributed by atoms with E-state index in [-0.39, 0.29) is 5.91 Å². The molecule has 0 radical (unpaired) electrons. The molecular weight excluding hydrogens is 240 g/mol. The zero-order valence-electron chi connectivity index (χ0n) is 10.3. The zero-order valence-corrected chi connectivity index (χ0v) is 11.1. The van der Waals surface area contributed by atoms with E-state index in [0.29, 0.717) is 13.0 Å². The minimum Gasteiger partial charge on any atom is -0.341 e. The summed E-state index contributed by atoms with van der Waals surface area (Å²) in [5.74, 6) is 0.00706. The molecule has 98 valence electrons. The molecular formula is C11H20N2O3S. The fourth-order valence-electron chi connectivity index (χ4n) is 2.70. The standard InChI is InChI=1S/C11H20N2O3S/c1-17(15,16)13-9-3-2-6-10(13)11(14)12-7-4-5-8-12/h10H,2-9H2,1H3. The van der Waals surface area contributed by atoms with Gasteiger partial charge in [-0.3, -0.25) is 4.79 Å². The molecule has 1 atom stereocenters. The molecule has 0 aromatic heterocycles. The molecule has 2 aliphatic rings. The molecule has 2 aliphatic heterocycles. The Morgan fingerprint density at radius 3 is 2.24 bits per heavy atom. The Bertz CT molecular complexity index is 388. The van der Waals surface area contributed by atoms with E-state index in [4.69, 9.17) is 0 Å². The molecule has 5 nitrogen and oxygen atoms in total. The Labute approximate surface area is 103 Å². The van der Waals surface area contributed by atoms with Crippen molar-refractivity contribution >= 4 is 15.9 Å². The number of piperidine rings is 1. The lowest BCUT2D eigenvalue weighted by Crippen LogP contribution is -2.52. The maximum absolute atomic E-state index is 12.3. The number of carbonyl (C=O) groups excluding carboxylic acids is 1. The molecule has 0 aromatic rings. The van der Waals surface area contributed by atoms with Crippen molar-refractivity contribution in [2.45, 2.75) is 38.1 Å². The number of carbonyl (C=O) groups is 1. The number of rotatable bonds is 2. The number of sulfonamides is 1. The smallest absolute Gasteiger partial charge is 0.241 e. The molecule has 0 spiro atoms. The molecule has 2 fully saturated rings. The topological polar surface area (TPSA) is 57.7 Å². The highest BCUT2D eigenvalue weighted by Gasteiger charge is 2.37. The third-order valence-corrected chi connectivity index (χ3v) is 4.87. The molecule has 17 heavy (non-hydrogen) atoms. The van der Waals surface area contributed by atoms with Gasteiger partial charge in [-0.25, -0.2) is 8.42 Å². The van der Waals surface area contributed by atoms with Gasteiger partial charge in [0.15, 0.2) is 0 Å². The van der Waals surface area contributed by atoms with Gasteiger partial charge in [0, 0.05) is 19.6 Å². The minimum absolute atomic E-state index is 0.00706. The van der Waals surface area contributed by atoms with Gasteiger partial charge in [-0.1, -0.05) is 6.42 Å². The van der Waals surface area contributed by atoms with Crippen molar-refractivity contribution in [2.24, 2.45) is 0 Å². The summed E-state index contributed by atoms with van der Waals surface area (Å²) in [5.41, 5.74) is 0. The first-order chi connectivity index (χ1) is 8.00. The van der Waals surface area contributed by atoms with Crippen LogP contribution in [0.15, 0.2) is 0 Å². The molecule has 2 rings (SSSR count). The first kappa shape index (κ1) is 12.8. The van der Waals surface area contributed by atoms with Crippen LogP contribution in [0.25, 0.3) is 0 Å². The van der Waals surface area contributed by atoms with Crippen LogP contribution in [0.3, 0.4) is 0 Å². The van der Waals surface area contributed by atoms with Gasteiger partial charge in [-0.15, -0.1) is 0 Å². The highest BCUT2D eigenvalue weighted by Crippen LogP contribution is 2.23. The lowest BCUT2D eigenvalue weighted by atomic mass is 10.0. The SMILES string of the molecule is CS(=O)(=O)N1CCCCC1C(=O)N1CCCC1. The van der Waals surface area contributed by atoms with Gasteiger partial charge in [0.25, 0.3) is 0 Å². The third-order valence-electron chi connectivity index (χ3n) is 3.58. The maximum Gasteiger partial charge on any atom is 0.241 e. The van der Waals surface area contributed by atoms with Crippen LogP contribution in [0.4, 0.5) is 0 Å². The van der Waals surface area contributed by atoms with Gasteiger partial charge >= 0.3 is 0 Å². The molecule has 1 unspecified atom stereocenters. The van der Waals surface area contributed by atoms with Crippen molar-refractivity contribution in [3.8, 4) is 0 Å². The molecule has 0 saturated carbocycles. The van der Waals surface area contributed by atoms with E-state index in [2.05, 4.69) is 0 Å². The molecule has 0 bridgehead atoms. The minimum atomic E-state index is -3.26. The first-order valence-corrected chi connectivity index (χ1v) is 8.10. The van der Waals surface area contributed by atoms with Crippen molar-refractivity contribution < 1.29 is 13.2 Å². The van der Waals surface area contributed by atoms with Crippen molar-refractivity contribution in [2.75, 3.05) is 25.9 Å². The van der Waals surface area contributed by atoms with Crippen molar-refractivity contribution in [1.29, 1.82) is 0 Å². The Balaban J connectivity index is 2.13. The summed E-state index contributed by atoms with van der Waals surface area (Å²) in [6.45, 7) is 2.06. The van der Waals surface area contributed by atoms with E-state index in [1.807, 2.05) is 4.90 Å². The van der Waals surface area contributed by atoms with Gasteiger partial charge in [0.2, 0.25) is 15.9 Å². The predicted molar refractivity (Wildman–Crippen MR) is 65.0 cm³/mol. The number of hydrogen-bond acceptors (Lipinski definition) is 3. The van der Waals surface area contributed by atoms with Crippen LogP contribution < -0.4 is 0 Å². The second-order valence-electron chi connectivity index (χ2n) is 4.92. The first-order valence-electron chi connectivity index (χ1n) is 6.26. The van der Waals surface area contributed by atoms with E-state index in [0.717, 1.165) is 38.8 Å². The summed E-state index contributed by atoms with van der Waals surface area (Å²) in [6.07, 6.45) is 5.74. The summed E-state index contributed by atoms with van der Waals surface area (Å²) in [4.78, 5) is 14.1. The molecule has 6 heteroatoms. The summed E-state index contributed by atoms with van der Waals surface area (Å²) >= 11 is 0. The quantitative estimate of drug-likeness (QED) is 0.723. The van der Waals surface area contributed by atoms with Crippen LogP contribution >= 0.6 is 0 Å². The fourth-order valence-corrected chi connectivity index (χ4v) is 3.82. The average Bonchev–Trinajstić information content (AvgIpc) is 2.80. The lowest BCUT2D eigenvalue weighted by molar-refractivity contribution is -0.135. The van der Waals surface area contributed by atoms with Crippen molar-refractivity contribution in [1.82, 2.24) is 9.21 Å². The highest BCUT2D eigenvalue weighted by atomic mass is 32.2. The normalized spacial score (nSPS) is 27.4. The number of nitrogens with zero attached hydrogens (tertiary/aromatic N) is 2. The number of hydrogen-bond donors (Lipinski definition) is 0. The van der Waals surface area contributed by atoms with Gasteiger partial charge < -0.3 is 4.90 Å². The van der Waals surface area contributed by atoms with E-state index >= 15 is 0 Å². The average molecular weight is 260 g/mol. The summed E-state index contributed by atoms with van der Waals surface area (Å²) in [5, 5.41) is 0. The third kappa shape index (κ3) is 2.80. The lowest BCUT2D eigenvalue weighted by Gasteiger charge is -2.34. The van der Waals surface area contributed by atoms with Crippen LogP contribution in [-0.4, -0.2) is 55.5 Å². The van der Waals surface area contributed by atoms with Gasteiger partial charge in [0.05, 0.1) is 6.26 Å². The fraction of sp³-hybridized carbons (Fsp3) is 0.909. The largest absolute Gasteiger partial charge is 0.341 e. The Morgan fingerprint density at radius 1 is 1.06 bits per heavy atom. The number of amides is 1. The van der Waals surface area contributed by atoms with E-state index in [9.17, 15) is 13.2 Å². The summed E-state index contributed by atoms with van der Waals surface area (Å²) < 4.78 is 24.7. The van der Waals surface area contributed by atoms with Crippen molar-refractivity contribution in [3.63, 3.8) is 0 Å². The monoisotopic (exact) mass is 260 g/mol.